The van der Waals surface area contributed by atoms with Crippen LogP contribution in [0.4, 0.5) is 11.8 Å². The second-order valence-electron chi connectivity index (χ2n) is 7.81. The molecule has 1 saturated carbocycles. The van der Waals surface area contributed by atoms with Crippen LogP contribution in [-0.2, 0) is 6.42 Å². The third-order valence-electron chi connectivity index (χ3n) is 5.57. The van der Waals surface area contributed by atoms with Crippen LogP contribution in [-0.4, -0.2) is 34.6 Å². The smallest absolute Gasteiger partial charge is 0.227 e. The molecule has 5 heteroatoms. The summed E-state index contributed by atoms with van der Waals surface area (Å²) in [6, 6.07) is 17.1. The molecule has 4 rings (SSSR count). The first-order valence-corrected chi connectivity index (χ1v) is 10.6. The van der Waals surface area contributed by atoms with Gasteiger partial charge in [-0.05, 0) is 37.0 Å². The molecular weight excluding hydrogens is 358 g/mol. The van der Waals surface area contributed by atoms with Gasteiger partial charge in [-0.3, -0.25) is 4.98 Å². The van der Waals surface area contributed by atoms with Crippen molar-refractivity contribution in [3.63, 3.8) is 0 Å². The minimum absolute atomic E-state index is 0.511. The summed E-state index contributed by atoms with van der Waals surface area (Å²) in [5.74, 6) is 1.69. The molecule has 150 valence electrons. The molecule has 29 heavy (non-hydrogen) atoms. The van der Waals surface area contributed by atoms with Gasteiger partial charge in [-0.1, -0.05) is 49.6 Å². The van der Waals surface area contributed by atoms with E-state index in [9.17, 15) is 0 Å². The topological polar surface area (TPSA) is 53.9 Å². The molecule has 2 aromatic heterocycles. The Balaban J connectivity index is 1.56. The first-order chi connectivity index (χ1) is 14.3. The van der Waals surface area contributed by atoms with Crippen LogP contribution in [0.2, 0.25) is 0 Å². The zero-order valence-electron chi connectivity index (χ0n) is 17.1. The number of nitrogens with zero attached hydrogens (tertiary/aromatic N) is 4. The van der Waals surface area contributed by atoms with Crippen molar-refractivity contribution in [1.29, 1.82) is 0 Å². The lowest BCUT2D eigenvalue weighted by atomic mass is 9.95. The second kappa shape index (κ2) is 9.50. The molecule has 1 aliphatic rings. The van der Waals surface area contributed by atoms with Gasteiger partial charge >= 0.3 is 0 Å². The SMILES string of the molecule is CN(CCc1ccncc1)c1nc(NC2CCCCC2)cc(-c2ccccc2)n1. The van der Waals surface area contributed by atoms with Crippen LogP contribution >= 0.6 is 0 Å². The van der Waals surface area contributed by atoms with E-state index in [1.165, 1.54) is 37.7 Å². The molecule has 0 unspecified atom stereocenters. The molecule has 1 aromatic carbocycles. The minimum Gasteiger partial charge on any atom is -0.367 e. The van der Waals surface area contributed by atoms with Crippen molar-refractivity contribution in [1.82, 2.24) is 15.0 Å². The third kappa shape index (κ3) is 5.31. The Morgan fingerprint density at radius 1 is 0.966 bits per heavy atom. The summed E-state index contributed by atoms with van der Waals surface area (Å²) in [5.41, 5.74) is 3.35. The number of anilines is 2. The van der Waals surface area contributed by atoms with E-state index in [2.05, 4.69) is 64.7 Å². The van der Waals surface area contributed by atoms with Crippen LogP contribution in [0, 0.1) is 0 Å². The van der Waals surface area contributed by atoms with Gasteiger partial charge in [0.25, 0.3) is 0 Å². The summed E-state index contributed by atoms with van der Waals surface area (Å²) in [6.45, 7) is 0.852. The van der Waals surface area contributed by atoms with E-state index in [1.54, 1.807) is 0 Å². The van der Waals surface area contributed by atoms with E-state index >= 15 is 0 Å². The van der Waals surface area contributed by atoms with Gasteiger partial charge in [0.15, 0.2) is 0 Å². The predicted molar refractivity (Wildman–Crippen MR) is 119 cm³/mol. The van der Waals surface area contributed by atoms with Crippen molar-refractivity contribution in [2.45, 2.75) is 44.6 Å². The fourth-order valence-electron chi connectivity index (χ4n) is 3.84. The van der Waals surface area contributed by atoms with Gasteiger partial charge in [-0.15, -0.1) is 0 Å². The molecule has 0 aliphatic heterocycles. The number of rotatable bonds is 7. The molecule has 0 saturated heterocycles. The Bertz CT molecular complexity index is 892. The molecule has 1 aliphatic carbocycles. The average Bonchev–Trinajstić information content (AvgIpc) is 2.79. The van der Waals surface area contributed by atoms with Gasteiger partial charge in [0, 0.05) is 43.7 Å². The normalized spacial score (nSPS) is 14.5. The van der Waals surface area contributed by atoms with Crippen molar-refractivity contribution in [3.05, 3.63) is 66.5 Å². The Morgan fingerprint density at radius 2 is 1.72 bits per heavy atom. The summed E-state index contributed by atoms with van der Waals surface area (Å²) >= 11 is 0. The quantitative estimate of drug-likeness (QED) is 0.621. The number of benzene rings is 1. The molecule has 2 heterocycles. The van der Waals surface area contributed by atoms with Crippen LogP contribution in [0.3, 0.4) is 0 Å². The third-order valence-corrected chi connectivity index (χ3v) is 5.57. The maximum atomic E-state index is 4.87. The molecule has 0 amide bonds. The van der Waals surface area contributed by atoms with Crippen LogP contribution in [0.15, 0.2) is 60.9 Å². The highest BCUT2D eigenvalue weighted by molar-refractivity contribution is 5.64. The van der Waals surface area contributed by atoms with Gasteiger partial charge in [0.1, 0.15) is 5.82 Å². The number of hydrogen-bond acceptors (Lipinski definition) is 5. The van der Waals surface area contributed by atoms with Gasteiger partial charge < -0.3 is 10.2 Å². The number of aromatic nitrogens is 3. The van der Waals surface area contributed by atoms with Crippen LogP contribution < -0.4 is 10.2 Å². The highest BCUT2D eigenvalue weighted by atomic mass is 15.2. The van der Waals surface area contributed by atoms with Gasteiger partial charge in [-0.25, -0.2) is 4.98 Å². The molecule has 0 spiro atoms. The Morgan fingerprint density at radius 3 is 2.48 bits per heavy atom. The number of likely N-dealkylation sites (N-methyl/N-ethyl adjacent to an activating group) is 1. The lowest BCUT2D eigenvalue weighted by Crippen LogP contribution is -2.25. The Labute approximate surface area is 173 Å². The summed E-state index contributed by atoms with van der Waals surface area (Å²) in [6.07, 6.45) is 11.0. The Hall–Kier alpha value is -2.95. The van der Waals surface area contributed by atoms with E-state index in [1.807, 2.05) is 18.5 Å². The zero-order chi connectivity index (χ0) is 19.9. The summed E-state index contributed by atoms with van der Waals surface area (Å²) in [5, 5.41) is 3.67. The van der Waals surface area contributed by atoms with Crippen molar-refractivity contribution < 1.29 is 0 Å². The van der Waals surface area contributed by atoms with E-state index in [-0.39, 0.29) is 0 Å². The fraction of sp³-hybridized carbons (Fsp3) is 0.375. The van der Waals surface area contributed by atoms with Gasteiger partial charge in [0.2, 0.25) is 5.95 Å². The summed E-state index contributed by atoms with van der Waals surface area (Å²) < 4.78 is 0. The zero-order valence-corrected chi connectivity index (χ0v) is 17.1. The maximum absolute atomic E-state index is 4.87. The van der Waals surface area contributed by atoms with E-state index in [0.717, 1.165) is 36.0 Å². The first kappa shape index (κ1) is 19.4. The maximum Gasteiger partial charge on any atom is 0.227 e. The molecule has 3 aromatic rings. The van der Waals surface area contributed by atoms with Gasteiger partial charge in [-0.2, -0.15) is 4.98 Å². The lowest BCUT2D eigenvalue weighted by Gasteiger charge is -2.25. The monoisotopic (exact) mass is 387 g/mol. The predicted octanol–water partition coefficient (Wildman–Crippen LogP) is 4.96. The van der Waals surface area contributed by atoms with Crippen molar-refractivity contribution in [3.8, 4) is 11.3 Å². The summed E-state index contributed by atoms with van der Waals surface area (Å²) in [7, 11) is 2.07. The highest BCUT2D eigenvalue weighted by Gasteiger charge is 2.16. The lowest BCUT2D eigenvalue weighted by molar-refractivity contribution is 0.462. The van der Waals surface area contributed by atoms with E-state index < -0.39 is 0 Å². The molecule has 5 nitrogen and oxygen atoms in total. The first-order valence-electron chi connectivity index (χ1n) is 10.6. The van der Waals surface area contributed by atoms with E-state index in [4.69, 9.17) is 9.97 Å². The summed E-state index contributed by atoms with van der Waals surface area (Å²) in [4.78, 5) is 16.0. The highest BCUT2D eigenvalue weighted by Crippen LogP contribution is 2.26. The molecule has 0 atom stereocenters. The second-order valence-corrected chi connectivity index (χ2v) is 7.81. The van der Waals surface area contributed by atoms with Crippen molar-refractivity contribution in [2.24, 2.45) is 0 Å². The number of hydrogen-bond donors (Lipinski definition) is 1. The van der Waals surface area contributed by atoms with E-state index in [0.29, 0.717) is 6.04 Å². The minimum atomic E-state index is 0.511. The standard InChI is InChI=1S/C24H29N5/c1-29(17-14-19-12-15-25-16-13-19)24-27-22(20-8-4-2-5-9-20)18-23(28-24)26-21-10-6-3-7-11-21/h2,4-5,8-9,12-13,15-16,18,21H,3,6-7,10-11,14,17H2,1H3,(H,26,27,28). The molecule has 1 N–H and O–H groups in total. The number of pyridine rings is 1. The molecular formula is C24H29N5. The molecule has 0 bridgehead atoms. The van der Waals surface area contributed by atoms with Crippen LogP contribution in [0.1, 0.15) is 37.7 Å². The average molecular weight is 388 g/mol. The molecule has 0 radical (unpaired) electrons. The van der Waals surface area contributed by atoms with Crippen molar-refractivity contribution >= 4 is 11.8 Å². The Kier molecular flexibility index (Phi) is 6.35. The molecule has 1 fully saturated rings. The number of nitrogens with one attached hydrogen (secondary N) is 1. The fourth-order valence-corrected chi connectivity index (χ4v) is 3.84. The van der Waals surface area contributed by atoms with Crippen LogP contribution in [0.25, 0.3) is 11.3 Å². The van der Waals surface area contributed by atoms with Crippen molar-refractivity contribution in [2.75, 3.05) is 23.8 Å². The van der Waals surface area contributed by atoms with Crippen LogP contribution in [0.5, 0.6) is 0 Å². The van der Waals surface area contributed by atoms with Gasteiger partial charge in [0.05, 0.1) is 5.69 Å². The largest absolute Gasteiger partial charge is 0.367 e.